The van der Waals surface area contributed by atoms with Crippen LogP contribution >= 0.6 is 24.0 Å². The number of nitrogens with zero attached hydrogens (tertiary/aromatic N) is 1. The van der Waals surface area contributed by atoms with E-state index in [1.54, 1.807) is 0 Å². The van der Waals surface area contributed by atoms with Crippen molar-refractivity contribution in [3.63, 3.8) is 0 Å². The summed E-state index contributed by atoms with van der Waals surface area (Å²) in [5.41, 5.74) is 0. The van der Waals surface area contributed by atoms with Crippen molar-refractivity contribution in [1.82, 2.24) is 10.6 Å². The highest BCUT2D eigenvalue weighted by Gasteiger charge is 2.13. The van der Waals surface area contributed by atoms with Crippen molar-refractivity contribution < 1.29 is 9.47 Å². The molecule has 0 aromatic rings. The van der Waals surface area contributed by atoms with E-state index in [9.17, 15) is 0 Å². The van der Waals surface area contributed by atoms with Crippen molar-refractivity contribution in [2.24, 2.45) is 4.99 Å². The normalized spacial score (nSPS) is 16.0. The number of rotatable bonds is 11. The first-order valence-electron chi connectivity index (χ1n) is 9.08. The minimum Gasteiger partial charge on any atom is -0.381 e. The summed E-state index contributed by atoms with van der Waals surface area (Å²) < 4.78 is 11.2. The first-order chi connectivity index (χ1) is 10.9. The Bertz CT molecular complexity index is 285. The number of nitrogens with one attached hydrogen (secondary N) is 2. The molecule has 6 heteroatoms. The van der Waals surface area contributed by atoms with Gasteiger partial charge in [-0.15, -0.1) is 24.0 Å². The molecule has 0 aromatic carbocycles. The molecule has 0 radical (unpaired) electrons. The molecular weight excluding hydrogens is 405 g/mol. The summed E-state index contributed by atoms with van der Waals surface area (Å²) in [6.45, 7) is 9.54. The number of guanidine groups is 1. The van der Waals surface area contributed by atoms with E-state index in [0.717, 1.165) is 64.7 Å². The summed E-state index contributed by atoms with van der Waals surface area (Å²) in [4.78, 5) is 4.60. The van der Waals surface area contributed by atoms with Crippen molar-refractivity contribution in [1.29, 1.82) is 0 Å². The number of aliphatic imine (C=N–C) groups is 1. The van der Waals surface area contributed by atoms with Crippen molar-refractivity contribution in [2.75, 3.05) is 39.5 Å². The summed E-state index contributed by atoms with van der Waals surface area (Å²) in [6.07, 6.45) is 8.54. The third-order valence-corrected chi connectivity index (χ3v) is 3.76. The lowest BCUT2D eigenvalue weighted by Crippen LogP contribution is -2.37. The van der Waals surface area contributed by atoms with Gasteiger partial charge >= 0.3 is 0 Å². The van der Waals surface area contributed by atoms with Crippen LogP contribution in [0.1, 0.15) is 58.8 Å². The first kappa shape index (κ1) is 22.9. The molecule has 1 aliphatic heterocycles. The molecule has 5 nitrogen and oxygen atoms in total. The lowest BCUT2D eigenvalue weighted by molar-refractivity contribution is -0.0318. The van der Waals surface area contributed by atoms with Crippen LogP contribution in [0.25, 0.3) is 0 Å². The smallest absolute Gasteiger partial charge is 0.191 e. The quantitative estimate of drug-likeness (QED) is 0.224. The van der Waals surface area contributed by atoms with E-state index in [2.05, 4.69) is 29.5 Å². The molecule has 0 aliphatic carbocycles. The Labute approximate surface area is 159 Å². The molecule has 1 fully saturated rings. The molecule has 1 aliphatic rings. The summed E-state index contributed by atoms with van der Waals surface area (Å²) in [5.74, 6) is 0.935. The number of halogens is 1. The average Bonchev–Trinajstić information content (AvgIpc) is 2.55. The highest BCUT2D eigenvalue weighted by Crippen LogP contribution is 2.10. The molecule has 0 bridgehead atoms. The largest absolute Gasteiger partial charge is 0.381 e. The Hall–Kier alpha value is -0.0800. The van der Waals surface area contributed by atoms with Crippen LogP contribution in [0, 0.1) is 0 Å². The maximum atomic E-state index is 5.86. The van der Waals surface area contributed by atoms with E-state index in [0.29, 0.717) is 6.10 Å². The van der Waals surface area contributed by atoms with Gasteiger partial charge in [0.05, 0.1) is 6.10 Å². The van der Waals surface area contributed by atoms with E-state index < -0.39 is 0 Å². The second-order valence-electron chi connectivity index (χ2n) is 5.78. The van der Waals surface area contributed by atoms with Gasteiger partial charge in [0.1, 0.15) is 0 Å². The first-order valence-corrected chi connectivity index (χ1v) is 9.08. The van der Waals surface area contributed by atoms with E-state index in [-0.39, 0.29) is 24.0 Å². The molecule has 0 amide bonds. The summed E-state index contributed by atoms with van der Waals surface area (Å²) in [5, 5.41) is 6.70. The molecule has 1 saturated heterocycles. The van der Waals surface area contributed by atoms with Crippen LogP contribution < -0.4 is 10.6 Å². The van der Waals surface area contributed by atoms with Gasteiger partial charge in [-0.1, -0.05) is 26.2 Å². The van der Waals surface area contributed by atoms with Crippen LogP contribution in [0.2, 0.25) is 0 Å². The predicted octanol–water partition coefficient (Wildman–Crippen LogP) is 3.33. The Morgan fingerprint density at radius 3 is 2.57 bits per heavy atom. The average molecular weight is 441 g/mol. The van der Waals surface area contributed by atoms with Crippen LogP contribution in [-0.2, 0) is 9.47 Å². The molecule has 0 saturated carbocycles. The zero-order valence-electron chi connectivity index (χ0n) is 14.9. The summed E-state index contributed by atoms with van der Waals surface area (Å²) in [7, 11) is 0. The van der Waals surface area contributed by atoms with E-state index in [1.807, 2.05) is 0 Å². The van der Waals surface area contributed by atoms with Crippen LogP contribution in [0.15, 0.2) is 4.99 Å². The number of unbranched alkanes of at least 4 members (excludes halogenated alkanes) is 3. The number of hydrogen-bond donors (Lipinski definition) is 2. The van der Waals surface area contributed by atoms with Gasteiger partial charge in [-0.05, 0) is 32.6 Å². The topological polar surface area (TPSA) is 54.9 Å². The van der Waals surface area contributed by atoms with Crippen LogP contribution in [0.4, 0.5) is 0 Å². The van der Waals surface area contributed by atoms with E-state index in [4.69, 9.17) is 9.47 Å². The standard InChI is InChI=1S/C17H35N3O2.HI/c1-3-5-6-7-11-19-17(18-4-2)20-12-8-13-22-16-9-14-21-15-10-16;/h16H,3-15H2,1-2H3,(H2,18,19,20);1H. The van der Waals surface area contributed by atoms with Gasteiger partial charge in [-0.2, -0.15) is 0 Å². The molecule has 1 heterocycles. The van der Waals surface area contributed by atoms with Gasteiger partial charge in [0.15, 0.2) is 5.96 Å². The SMILES string of the molecule is CCCCCCNC(=NCCCOC1CCOCC1)NCC.I. The molecule has 2 N–H and O–H groups in total. The Morgan fingerprint density at radius 1 is 1.09 bits per heavy atom. The lowest BCUT2D eigenvalue weighted by atomic mass is 10.1. The Morgan fingerprint density at radius 2 is 1.87 bits per heavy atom. The molecule has 0 unspecified atom stereocenters. The van der Waals surface area contributed by atoms with Crippen LogP contribution in [0.3, 0.4) is 0 Å². The number of hydrogen-bond acceptors (Lipinski definition) is 3. The molecular formula is C17H36IN3O2. The molecule has 1 rings (SSSR count). The molecule has 0 aromatic heterocycles. The Balaban J connectivity index is 0.00000484. The lowest BCUT2D eigenvalue weighted by Gasteiger charge is -2.22. The third-order valence-electron chi connectivity index (χ3n) is 3.76. The summed E-state index contributed by atoms with van der Waals surface area (Å²) in [6, 6.07) is 0. The second kappa shape index (κ2) is 16.8. The Kier molecular flexibility index (Phi) is 16.7. The molecule has 138 valence electrons. The maximum Gasteiger partial charge on any atom is 0.191 e. The predicted molar refractivity (Wildman–Crippen MR) is 108 cm³/mol. The highest BCUT2D eigenvalue weighted by molar-refractivity contribution is 14.0. The third kappa shape index (κ3) is 12.9. The zero-order chi connectivity index (χ0) is 15.9. The monoisotopic (exact) mass is 441 g/mol. The van der Waals surface area contributed by atoms with Gasteiger partial charge in [-0.3, -0.25) is 4.99 Å². The molecule has 23 heavy (non-hydrogen) atoms. The van der Waals surface area contributed by atoms with Gasteiger partial charge in [0.25, 0.3) is 0 Å². The maximum absolute atomic E-state index is 5.86. The van der Waals surface area contributed by atoms with Crippen LogP contribution in [0.5, 0.6) is 0 Å². The molecule has 0 spiro atoms. The van der Waals surface area contributed by atoms with Crippen molar-refractivity contribution in [2.45, 2.75) is 64.9 Å². The van der Waals surface area contributed by atoms with Gasteiger partial charge in [0.2, 0.25) is 0 Å². The minimum atomic E-state index is 0. The fraction of sp³-hybridized carbons (Fsp3) is 0.941. The van der Waals surface area contributed by atoms with Crippen molar-refractivity contribution in [3.05, 3.63) is 0 Å². The van der Waals surface area contributed by atoms with E-state index >= 15 is 0 Å². The van der Waals surface area contributed by atoms with Crippen LogP contribution in [-0.4, -0.2) is 51.5 Å². The second-order valence-corrected chi connectivity index (χ2v) is 5.78. The van der Waals surface area contributed by atoms with Crippen molar-refractivity contribution in [3.8, 4) is 0 Å². The van der Waals surface area contributed by atoms with Crippen molar-refractivity contribution >= 4 is 29.9 Å². The highest BCUT2D eigenvalue weighted by atomic mass is 127. The molecule has 0 atom stereocenters. The zero-order valence-corrected chi connectivity index (χ0v) is 17.3. The summed E-state index contributed by atoms with van der Waals surface area (Å²) >= 11 is 0. The fourth-order valence-electron chi connectivity index (χ4n) is 2.45. The van der Waals surface area contributed by atoms with E-state index in [1.165, 1.54) is 25.7 Å². The van der Waals surface area contributed by atoms with Gasteiger partial charge in [-0.25, -0.2) is 0 Å². The van der Waals surface area contributed by atoms with Gasteiger partial charge in [0, 0.05) is 39.5 Å². The number of ether oxygens (including phenoxy) is 2. The minimum absolute atomic E-state index is 0. The fourth-order valence-corrected chi connectivity index (χ4v) is 2.45. The van der Waals surface area contributed by atoms with Gasteiger partial charge < -0.3 is 20.1 Å².